The predicted molar refractivity (Wildman–Crippen MR) is 84.6 cm³/mol. The van der Waals surface area contributed by atoms with Crippen molar-refractivity contribution in [1.29, 1.82) is 0 Å². The lowest BCUT2D eigenvalue weighted by atomic mass is 10.1. The monoisotopic (exact) mass is 299 g/mol. The highest BCUT2D eigenvalue weighted by atomic mass is 16.2. The van der Waals surface area contributed by atoms with Crippen LogP contribution in [0.3, 0.4) is 0 Å². The first-order chi connectivity index (χ1) is 10.6. The molecule has 0 radical (unpaired) electrons. The van der Waals surface area contributed by atoms with Crippen molar-refractivity contribution in [2.24, 2.45) is 18.9 Å². The maximum atomic E-state index is 12.4. The van der Waals surface area contributed by atoms with Crippen LogP contribution in [0.4, 0.5) is 0 Å². The van der Waals surface area contributed by atoms with Crippen molar-refractivity contribution >= 4 is 16.9 Å². The maximum Gasteiger partial charge on any atom is 0.329 e. The zero-order chi connectivity index (χ0) is 15.3. The van der Waals surface area contributed by atoms with Crippen molar-refractivity contribution < 1.29 is 4.79 Å². The Morgan fingerprint density at radius 2 is 1.77 bits per heavy atom. The lowest BCUT2D eigenvalue weighted by Crippen LogP contribution is -2.41. The molecule has 2 aliphatic carbocycles. The summed E-state index contributed by atoms with van der Waals surface area (Å²) >= 11 is 0. The number of nitrogens with zero attached hydrogens (tertiary/aromatic N) is 2. The molecule has 116 valence electrons. The van der Waals surface area contributed by atoms with Crippen LogP contribution in [0.1, 0.15) is 25.7 Å². The van der Waals surface area contributed by atoms with Gasteiger partial charge in [0.25, 0.3) is 0 Å². The molecule has 1 amide bonds. The van der Waals surface area contributed by atoms with Gasteiger partial charge >= 0.3 is 5.69 Å². The number of para-hydroxylation sites is 2. The number of fused-ring (bicyclic) bond motifs is 1. The highest BCUT2D eigenvalue weighted by molar-refractivity contribution is 5.81. The molecule has 4 rings (SSSR count). The summed E-state index contributed by atoms with van der Waals surface area (Å²) < 4.78 is 3.17. The number of carbonyl (C=O) groups is 1. The Balaban J connectivity index is 1.56. The van der Waals surface area contributed by atoms with Gasteiger partial charge in [0.1, 0.15) is 6.54 Å². The van der Waals surface area contributed by atoms with Gasteiger partial charge in [-0.25, -0.2) is 4.79 Å². The first-order valence-electron chi connectivity index (χ1n) is 8.09. The van der Waals surface area contributed by atoms with Crippen LogP contribution in [0, 0.1) is 11.8 Å². The second kappa shape index (κ2) is 5.00. The van der Waals surface area contributed by atoms with E-state index >= 15 is 0 Å². The number of hydrogen-bond acceptors (Lipinski definition) is 2. The molecule has 2 aliphatic rings. The van der Waals surface area contributed by atoms with Crippen LogP contribution < -0.4 is 11.0 Å². The normalized spacial score (nSPS) is 18.1. The summed E-state index contributed by atoms with van der Waals surface area (Å²) in [5.41, 5.74) is 1.55. The third-order valence-electron chi connectivity index (χ3n) is 4.94. The smallest absolute Gasteiger partial charge is 0.329 e. The third kappa shape index (κ3) is 2.34. The fourth-order valence-corrected chi connectivity index (χ4v) is 3.42. The van der Waals surface area contributed by atoms with Crippen LogP contribution >= 0.6 is 0 Å². The number of imidazole rings is 1. The molecule has 1 N–H and O–H groups in total. The number of amides is 1. The first kappa shape index (κ1) is 13.6. The molecule has 0 spiro atoms. The summed E-state index contributed by atoms with van der Waals surface area (Å²) in [4.78, 5) is 24.8. The molecule has 1 heterocycles. The average Bonchev–Trinajstić information content (AvgIpc) is 3.41. The van der Waals surface area contributed by atoms with E-state index in [1.165, 1.54) is 25.7 Å². The zero-order valence-electron chi connectivity index (χ0n) is 12.8. The summed E-state index contributed by atoms with van der Waals surface area (Å²) in [6.07, 6.45) is 4.93. The minimum absolute atomic E-state index is 0.0396. The summed E-state index contributed by atoms with van der Waals surface area (Å²) in [5.74, 6) is 1.30. The van der Waals surface area contributed by atoms with Crippen molar-refractivity contribution in [2.45, 2.75) is 38.3 Å². The van der Waals surface area contributed by atoms with E-state index in [0.29, 0.717) is 17.9 Å². The Labute approximate surface area is 128 Å². The van der Waals surface area contributed by atoms with Gasteiger partial charge in [0.2, 0.25) is 5.91 Å². The van der Waals surface area contributed by atoms with Gasteiger partial charge in [0.15, 0.2) is 0 Å². The van der Waals surface area contributed by atoms with E-state index in [9.17, 15) is 9.59 Å². The second-order valence-corrected chi connectivity index (χ2v) is 6.68. The Hall–Kier alpha value is -2.04. The molecular formula is C17H21N3O2. The van der Waals surface area contributed by atoms with E-state index in [2.05, 4.69) is 5.32 Å². The lowest BCUT2D eigenvalue weighted by molar-refractivity contribution is -0.122. The average molecular weight is 299 g/mol. The van der Waals surface area contributed by atoms with Gasteiger partial charge in [-0.2, -0.15) is 0 Å². The maximum absolute atomic E-state index is 12.4. The minimum Gasteiger partial charge on any atom is -0.351 e. The molecule has 0 unspecified atom stereocenters. The molecule has 0 aliphatic heterocycles. The minimum atomic E-state index is -0.134. The Kier molecular flexibility index (Phi) is 3.10. The number of benzene rings is 1. The van der Waals surface area contributed by atoms with E-state index in [-0.39, 0.29) is 18.1 Å². The number of aromatic nitrogens is 2. The first-order valence-corrected chi connectivity index (χ1v) is 8.09. The van der Waals surface area contributed by atoms with E-state index in [4.69, 9.17) is 0 Å². The topological polar surface area (TPSA) is 56.0 Å². The van der Waals surface area contributed by atoms with Crippen molar-refractivity contribution in [1.82, 2.24) is 14.5 Å². The molecule has 1 aromatic carbocycles. The van der Waals surface area contributed by atoms with E-state index in [0.717, 1.165) is 11.0 Å². The molecule has 0 bridgehead atoms. The van der Waals surface area contributed by atoms with Gasteiger partial charge in [-0.05, 0) is 49.7 Å². The van der Waals surface area contributed by atoms with Gasteiger partial charge < -0.3 is 5.32 Å². The zero-order valence-corrected chi connectivity index (χ0v) is 12.8. The van der Waals surface area contributed by atoms with Gasteiger partial charge in [0.05, 0.1) is 11.0 Å². The van der Waals surface area contributed by atoms with Crippen LogP contribution in [-0.4, -0.2) is 21.1 Å². The van der Waals surface area contributed by atoms with E-state index < -0.39 is 0 Å². The number of carbonyl (C=O) groups excluding carboxylic acids is 1. The molecular weight excluding hydrogens is 278 g/mol. The van der Waals surface area contributed by atoms with Gasteiger partial charge in [-0.1, -0.05) is 12.1 Å². The quantitative estimate of drug-likeness (QED) is 0.912. The lowest BCUT2D eigenvalue weighted by Gasteiger charge is -2.17. The standard InChI is InChI=1S/C17H21N3O2/c1-19-13-4-2-3-5-14(13)20(17(19)22)10-15(21)18-16(11-6-7-11)12-8-9-12/h2-5,11-12,16H,6-10H2,1H3,(H,18,21). The molecule has 2 saturated carbocycles. The van der Waals surface area contributed by atoms with Gasteiger partial charge in [-0.15, -0.1) is 0 Å². The van der Waals surface area contributed by atoms with Crippen molar-refractivity contribution in [2.75, 3.05) is 0 Å². The predicted octanol–water partition coefficient (Wildman–Crippen LogP) is 1.64. The number of nitrogens with one attached hydrogen (secondary N) is 1. The van der Waals surface area contributed by atoms with Gasteiger partial charge in [-0.3, -0.25) is 13.9 Å². The Morgan fingerprint density at radius 1 is 1.18 bits per heavy atom. The van der Waals surface area contributed by atoms with Crippen LogP contribution in [0.2, 0.25) is 0 Å². The van der Waals surface area contributed by atoms with E-state index in [1.807, 2.05) is 24.3 Å². The summed E-state index contributed by atoms with van der Waals surface area (Å²) in [6.45, 7) is 0.107. The Morgan fingerprint density at radius 3 is 2.36 bits per heavy atom. The SMILES string of the molecule is Cn1c(=O)n(CC(=O)NC(C2CC2)C2CC2)c2ccccc21. The third-order valence-corrected chi connectivity index (χ3v) is 4.94. The molecule has 1 aromatic heterocycles. The largest absolute Gasteiger partial charge is 0.351 e. The van der Waals surface area contributed by atoms with Gasteiger partial charge in [0, 0.05) is 13.1 Å². The van der Waals surface area contributed by atoms with Crippen molar-refractivity contribution in [3.63, 3.8) is 0 Å². The summed E-state index contributed by atoms with van der Waals surface area (Å²) in [7, 11) is 1.75. The number of rotatable bonds is 5. The highest BCUT2D eigenvalue weighted by Gasteiger charge is 2.42. The summed E-state index contributed by atoms with van der Waals surface area (Å²) in [5, 5.41) is 3.18. The fraction of sp³-hybridized carbons (Fsp3) is 0.529. The highest BCUT2D eigenvalue weighted by Crippen LogP contribution is 2.44. The van der Waals surface area contributed by atoms with E-state index in [1.54, 1.807) is 16.2 Å². The molecule has 5 nitrogen and oxygen atoms in total. The summed E-state index contributed by atoms with van der Waals surface area (Å²) in [6, 6.07) is 7.93. The second-order valence-electron chi connectivity index (χ2n) is 6.68. The van der Waals surface area contributed by atoms with Crippen LogP contribution in [-0.2, 0) is 18.4 Å². The number of aryl methyl sites for hydroxylation is 1. The van der Waals surface area contributed by atoms with Crippen molar-refractivity contribution in [3.05, 3.63) is 34.7 Å². The molecule has 5 heteroatoms. The van der Waals surface area contributed by atoms with Crippen LogP contribution in [0.25, 0.3) is 11.0 Å². The molecule has 0 saturated heterocycles. The molecule has 0 atom stereocenters. The van der Waals surface area contributed by atoms with Crippen LogP contribution in [0.5, 0.6) is 0 Å². The van der Waals surface area contributed by atoms with Crippen molar-refractivity contribution in [3.8, 4) is 0 Å². The number of hydrogen-bond donors (Lipinski definition) is 1. The molecule has 2 fully saturated rings. The molecule has 22 heavy (non-hydrogen) atoms. The van der Waals surface area contributed by atoms with Crippen LogP contribution in [0.15, 0.2) is 29.1 Å². The Bertz CT molecular complexity index is 769. The fourth-order valence-electron chi connectivity index (χ4n) is 3.42. The molecule has 2 aromatic rings.